The smallest absolute Gasteiger partial charge is 0.411 e. The van der Waals surface area contributed by atoms with E-state index in [0.717, 1.165) is 22.1 Å². The molecule has 1 aromatic carbocycles. The molecule has 0 aromatic heterocycles. The zero-order chi connectivity index (χ0) is 12.9. The first-order valence-corrected chi connectivity index (χ1v) is 6.56. The average Bonchev–Trinajstić information content (AvgIpc) is 2.81. The Hall–Kier alpha value is -1.27. The highest BCUT2D eigenvalue weighted by Crippen LogP contribution is 2.48. The van der Waals surface area contributed by atoms with Gasteiger partial charge in [-0.3, -0.25) is 4.90 Å². The highest BCUT2D eigenvalue weighted by atomic mass is 79.9. The van der Waals surface area contributed by atoms with Crippen molar-refractivity contribution in [1.82, 2.24) is 4.90 Å². The van der Waals surface area contributed by atoms with E-state index >= 15 is 0 Å². The first-order valence-electron chi connectivity index (χ1n) is 5.77. The number of ether oxygens (including phenoxy) is 1. The van der Waals surface area contributed by atoms with Crippen LogP contribution in [0.1, 0.15) is 12.0 Å². The van der Waals surface area contributed by atoms with Crippen LogP contribution in [-0.2, 0) is 10.3 Å². The van der Waals surface area contributed by atoms with E-state index in [4.69, 9.17) is 10.5 Å². The number of benzene rings is 1. The number of likely N-dealkylation sites (tertiary alicyclic amines) is 1. The van der Waals surface area contributed by atoms with Crippen LogP contribution in [0.3, 0.4) is 0 Å². The fourth-order valence-electron chi connectivity index (χ4n) is 2.90. The second-order valence-corrected chi connectivity index (χ2v) is 5.52. The van der Waals surface area contributed by atoms with Crippen molar-refractivity contribution in [3.63, 3.8) is 0 Å². The van der Waals surface area contributed by atoms with Gasteiger partial charge in [-0.1, -0.05) is 22.0 Å². The van der Waals surface area contributed by atoms with Crippen LogP contribution >= 0.6 is 15.9 Å². The maximum atomic E-state index is 11.7. The van der Waals surface area contributed by atoms with Gasteiger partial charge in [0.1, 0.15) is 6.17 Å². The number of nitrogens with one attached hydrogen (secondary N) is 1. The van der Waals surface area contributed by atoms with Crippen LogP contribution in [-0.4, -0.2) is 30.8 Å². The van der Waals surface area contributed by atoms with Gasteiger partial charge in [-0.05, 0) is 18.6 Å². The van der Waals surface area contributed by atoms with Crippen molar-refractivity contribution in [3.8, 4) is 0 Å². The Morgan fingerprint density at radius 2 is 2.44 bits per heavy atom. The maximum Gasteiger partial charge on any atom is 0.411 e. The summed E-state index contributed by atoms with van der Waals surface area (Å²) in [5, 5.41) is 3.31. The number of halogens is 1. The monoisotopic (exact) mass is 311 g/mol. The molecule has 5 nitrogen and oxygen atoms in total. The lowest BCUT2D eigenvalue weighted by molar-refractivity contribution is 0.118. The van der Waals surface area contributed by atoms with Gasteiger partial charge in [0.25, 0.3) is 0 Å². The number of hydrogen-bond donors (Lipinski definition) is 2. The minimum Gasteiger partial charge on any atom is -0.453 e. The van der Waals surface area contributed by atoms with Crippen molar-refractivity contribution in [1.29, 1.82) is 0 Å². The molecule has 0 saturated carbocycles. The normalized spacial score (nSPS) is 28.6. The van der Waals surface area contributed by atoms with E-state index in [1.807, 2.05) is 18.2 Å². The van der Waals surface area contributed by atoms with Gasteiger partial charge in [-0.2, -0.15) is 0 Å². The minimum atomic E-state index is -0.552. The second kappa shape index (κ2) is 3.86. The Kier molecular flexibility index (Phi) is 2.53. The molecule has 96 valence electrons. The zero-order valence-corrected chi connectivity index (χ0v) is 11.5. The Labute approximate surface area is 113 Å². The molecule has 0 unspecified atom stereocenters. The molecule has 18 heavy (non-hydrogen) atoms. The number of hydrogen-bond acceptors (Lipinski definition) is 4. The first-order chi connectivity index (χ1) is 8.58. The largest absolute Gasteiger partial charge is 0.453 e. The molecule has 1 fully saturated rings. The lowest BCUT2D eigenvalue weighted by Crippen LogP contribution is -2.50. The number of carbonyl (C=O) groups excluding carboxylic acids is 1. The van der Waals surface area contributed by atoms with Crippen LogP contribution in [0, 0.1) is 0 Å². The van der Waals surface area contributed by atoms with Crippen LogP contribution in [0.4, 0.5) is 10.5 Å². The van der Waals surface area contributed by atoms with Crippen LogP contribution in [0.2, 0.25) is 0 Å². The number of nitrogens with zero attached hydrogens (tertiary/aromatic N) is 1. The predicted molar refractivity (Wildman–Crippen MR) is 71.1 cm³/mol. The molecule has 0 aliphatic carbocycles. The summed E-state index contributed by atoms with van der Waals surface area (Å²) in [6, 6.07) is 5.89. The molecule has 1 saturated heterocycles. The van der Waals surface area contributed by atoms with E-state index in [-0.39, 0.29) is 12.3 Å². The van der Waals surface area contributed by atoms with E-state index in [1.165, 1.54) is 7.11 Å². The fraction of sp³-hybridized carbons (Fsp3) is 0.417. The lowest BCUT2D eigenvalue weighted by atomic mass is 9.90. The Morgan fingerprint density at radius 3 is 3.17 bits per heavy atom. The molecule has 3 rings (SSSR count). The van der Waals surface area contributed by atoms with E-state index < -0.39 is 5.54 Å². The van der Waals surface area contributed by atoms with Gasteiger partial charge in [-0.25, -0.2) is 4.79 Å². The number of nitrogens with two attached hydrogens (primary N) is 1. The molecule has 2 atom stereocenters. The summed E-state index contributed by atoms with van der Waals surface area (Å²) in [5.41, 5.74) is 7.99. The molecule has 2 heterocycles. The summed E-state index contributed by atoms with van der Waals surface area (Å²) in [4.78, 5) is 13.4. The maximum absolute atomic E-state index is 11.7. The van der Waals surface area contributed by atoms with Crippen LogP contribution in [0.25, 0.3) is 0 Å². The summed E-state index contributed by atoms with van der Waals surface area (Å²) in [6.45, 7) is 0.599. The molecule has 0 bridgehead atoms. The number of methoxy groups -OCH3 is 1. The van der Waals surface area contributed by atoms with Crippen molar-refractivity contribution in [2.75, 3.05) is 19.0 Å². The van der Waals surface area contributed by atoms with Crippen molar-refractivity contribution in [2.45, 2.75) is 18.1 Å². The third-order valence-corrected chi connectivity index (χ3v) is 4.41. The molecule has 3 N–H and O–H groups in total. The molecular formula is C12H14BrN3O2. The Balaban J connectivity index is 2.04. The number of anilines is 1. The third kappa shape index (κ3) is 1.39. The van der Waals surface area contributed by atoms with Gasteiger partial charge in [0.2, 0.25) is 0 Å². The van der Waals surface area contributed by atoms with Crippen molar-refractivity contribution < 1.29 is 9.53 Å². The SMILES string of the molecule is COC(=O)N1CC[C@]2(N)c3c(Br)cccc3N[C@H]12. The molecule has 6 heteroatoms. The molecule has 1 amide bonds. The van der Waals surface area contributed by atoms with Crippen molar-refractivity contribution >= 4 is 27.7 Å². The van der Waals surface area contributed by atoms with Gasteiger partial charge < -0.3 is 15.8 Å². The third-order valence-electron chi connectivity index (χ3n) is 3.75. The van der Waals surface area contributed by atoms with E-state index in [0.29, 0.717) is 6.54 Å². The summed E-state index contributed by atoms with van der Waals surface area (Å²) in [7, 11) is 1.39. The van der Waals surface area contributed by atoms with E-state index in [1.54, 1.807) is 4.90 Å². The lowest BCUT2D eigenvalue weighted by Gasteiger charge is -2.28. The molecule has 2 aliphatic heterocycles. The van der Waals surface area contributed by atoms with Crippen LogP contribution in [0.5, 0.6) is 0 Å². The molecular weight excluding hydrogens is 298 g/mol. The molecule has 0 spiro atoms. The first kappa shape index (κ1) is 11.8. The van der Waals surface area contributed by atoms with E-state index in [9.17, 15) is 4.79 Å². The standard InChI is InChI=1S/C12H14BrN3O2/c1-18-11(17)16-6-5-12(14)9-7(13)3-2-4-8(9)15-10(12)16/h2-4,10,15H,5-6,14H2,1H3/t10-,12+/m1/s1. The van der Waals surface area contributed by atoms with Gasteiger partial charge in [0, 0.05) is 22.3 Å². The molecule has 2 aliphatic rings. The Bertz CT molecular complexity index is 522. The molecule has 0 radical (unpaired) electrons. The van der Waals surface area contributed by atoms with Gasteiger partial charge in [-0.15, -0.1) is 0 Å². The number of fused-ring (bicyclic) bond motifs is 3. The number of carbonyl (C=O) groups is 1. The summed E-state index contributed by atoms with van der Waals surface area (Å²) in [5.74, 6) is 0. The van der Waals surface area contributed by atoms with Crippen LogP contribution < -0.4 is 11.1 Å². The van der Waals surface area contributed by atoms with Gasteiger partial charge >= 0.3 is 6.09 Å². The fourth-order valence-corrected chi connectivity index (χ4v) is 3.63. The van der Waals surface area contributed by atoms with Gasteiger partial charge in [0.05, 0.1) is 12.6 Å². The quantitative estimate of drug-likeness (QED) is 0.767. The minimum absolute atomic E-state index is 0.237. The topological polar surface area (TPSA) is 67.6 Å². The summed E-state index contributed by atoms with van der Waals surface area (Å²) >= 11 is 3.54. The van der Waals surface area contributed by atoms with E-state index in [2.05, 4.69) is 21.2 Å². The summed E-state index contributed by atoms with van der Waals surface area (Å²) in [6.07, 6.45) is 0.137. The number of amides is 1. The predicted octanol–water partition coefficient (Wildman–Crippen LogP) is 1.83. The second-order valence-electron chi connectivity index (χ2n) is 4.66. The van der Waals surface area contributed by atoms with Crippen LogP contribution in [0.15, 0.2) is 22.7 Å². The van der Waals surface area contributed by atoms with Gasteiger partial charge in [0.15, 0.2) is 0 Å². The van der Waals surface area contributed by atoms with Crippen molar-refractivity contribution in [3.05, 3.63) is 28.2 Å². The highest BCUT2D eigenvalue weighted by Gasteiger charge is 2.54. The molecule has 1 aromatic rings. The highest BCUT2D eigenvalue weighted by molar-refractivity contribution is 9.10. The average molecular weight is 312 g/mol. The van der Waals surface area contributed by atoms with Crippen molar-refractivity contribution in [2.24, 2.45) is 5.73 Å². The number of rotatable bonds is 0. The summed E-state index contributed by atoms with van der Waals surface area (Å²) < 4.78 is 5.77. The Morgan fingerprint density at radius 1 is 1.67 bits per heavy atom. The zero-order valence-electron chi connectivity index (χ0n) is 9.94.